The van der Waals surface area contributed by atoms with Crippen molar-refractivity contribution in [2.24, 2.45) is 0 Å². The molecule has 26 heavy (non-hydrogen) atoms. The topological polar surface area (TPSA) is 92.5 Å². The molecule has 0 bridgehead atoms. The lowest BCUT2D eigenvalue weighted by Gasteiger charge is -2.35. The zero-order valence-corrected chi connectivity index (χ0v) is 15.4. The van der Waals surface area contributed by atoms with E-state index >= 15 is 0 Å². The second-order valence-corrected chi connectivity index (χ2v) is 6.62. The number of hydrogen-bond donors (Lipinski definition) is 0. The minimum absolute atomic E-state index is 0.0224. The molecule has 0 saturated carbocycles. The van der Waals surface area contributed by atoms with Crippen molar-refractivity contribution in [1.29, 1.82) is 0 Å². The van der Waals surface area contributed by atoms with Crippen molar-refractivity contribution in [3.8, 4) is 0 Å². The molecule has 0 amide bonds. The summed E-state index contributed by atoms with van der Waals surface area (Å²) in [5, 5.41) is 8.47. The number of benzene rings is 1. The van der Waals surface area contributed by atoms with E-state index in [1.165, 1.54) is 13.8 Å². The van der Waals surface area contributed by atoms with Crippen LogP contribution in [0.5, 0.6) is 0 Å². The standard InChI is InChI=1S/C18H23N3O5/c1-10-7-14-15(8-11(10)2)21(20-19-14)18-6-5-16(25-13(4)23)17(26-18)9-24-12(3)22/h7-8,16-18H,5-6,9H2,1-4H3/t16-,17-,18-/m0/s1. The average molecular weight is 361 g/mol. The monoisotopic (exact) mass is 361 g/mol. The summed E-state index contributed by atoms with van der Waals surface area (Å²) in [7, 11) is 0. The Balaban J connectivity index is 1.84. The fourth-order valence-electron chi connectivity index (χ4n) is 3.13. The lowest BCUT2D eigenvalue weighted by molar-refractivity contribution is -0.193. The third-order valence-corrected chi connectivity index (χ3v) is 4.57. The summed E-state index contributed by atoms with van der Waals surface area (Å²) in [5.41, 5.74) is 3.98. The van der Waals surface area contributed by atoms with Gasteiger partial charge in [0, 0.05) is 13.8 Å². The lowest BCUT2D eigenvalue weighted by atomic mass is 10.0. The van der Waals surface area contributed by atoms with Gasteiger partial charge in [-0.3, -0.25) is 9.59 Å². The number of rotatable bonds is 4. The van der Waals surface area contributed by atoms with Crippen LogP contribution in [-0.4, -0.2) is 45.7 Å². The van der Waals surface area contributed by atoms with Crippen LogP contribution < -0.4 is 0 Å². The number of carbonyl (C=O) groups is 2. The zero-order chi connectivity index (χ0) is 18.8. The van der Waals surface area contributed by atoms with E-state index in [-0.39, 0.29) is 18.8 Å². The fourth-order valence-corrected chi connectivity index (χ4v) is 3.13. The summed E-state index contributed by atoms with van der Waals surface area (Å²) < 4.78 is 18.2. The third kappa shape index (κ3) is 3.85. The molecule has 0 spiro atoms. The number of nitrogens with zero attached hydrogens (tertiary/aromatic N) is 3. The molecule has 0 aliphatic carbocycles. The molecule has 3 rings (SSSR count). The molecule has 0 unspecified atom stereocenters. The molecule has 2 heterocycles. The van der Waals surface area contributed by atoms with Gasteiger partial charge in [-0.2, -0.15) is 0 Å². The number of aromatic nitrogens is 3. The highest BCUT2D eigenvalue weighted by Gasteiger charge is 2.36. The van der Waals surface area contributed by atoms with Crippen molar-refractivity contribution < 1.29 is 23.8 Å². The van der Waals surface area contributed by atoms with Crippen molar-refractivity contribution >= 4 is 23.0 Å². The third-order valence-electron chi connectivity index (χ3n) is 4.57. The van der Waals surface area contributed by atoms with Gasteiger partial charge >= 0.3 is 11.9 Å². The van der Waals surface area contributed by atoms with Gasteiger partial charge in [-0.1, -0.05) is 5.21 Å². The summed E-state index contributed by atoms with van der Waals surface area (Å²) in [6.07, 6.45) is -0.175. The molecule has 1 fully saturated rings. The van der Waals surface area contributed by atoms with E-state index in [9.17, 15) is 9.59 Å². The first-order valence-electron chi connectivity index (χ1n) is 8.63. The van der Waals surface area contributed by atoms with Gasteiger partial charge in [0.15, 0.2) is 6.23 Å². The normalized spacial score (nSPS) is 23.0. The van der Waals surface area contributed by atoms with Gasteiger partial charge in [0.2, 0.25) is 0 Å². The summed E-state index contributed by atoms with van der Waals surface area (Å²) in [4.78, 5) is 22.5. The highest BCUT2D eigenvalue weighted by molar-refractivity contribution is 5.76. The van der Waals surface area contributed by atoms with Crippen LogP contribution in [0.25, 0.3) is 11.0 Å². The molecule has 1 aromatic carbocycles. The van der Waals surface area contributed by atoms with Gasteiger partial charge in [-0.25, -0.2) is 4.68 Å². The Hall–Kier alpha value is -2.48. The Morgan fingerprint density at radius 3 is 2.62 bits per heavy atom. The van der Waals surface area contributed by atoms with Crippen molar-refractivity contribution in [2.45, 2.75) is 59.0 Å². The first-order valence-corrected chi connectivity index (χ1v) is 8.63. The predicted octanol–water partition coefficient (Wildman–Crippen LogP) is 2.22. The number of aryl methyl sites for hydroxylation is 2. The molecule has 8 nitrogen and oxygen atoms in total. The summed E-state index contributed by atoms with van der Waals surface area (Å²) >= 11 is 0. The van der Waals surface area contributed by atoms with Crippen LogP contribution in [-0.2, 0) is 23.8 Å². The minimum atomic E-state index is -0.549. The molecular weight excluding hydrogens is 338 g/mol. The van der Waals surface area contributed by atoms with Gasteiger partial charge in [0.1, 0.15) is 24.3 Å². The van der Waals surface area contributed by atoms with E-state index < -0.39 is 18.2 Å². The summed E-state index contributed by atoms with van der Waals surface area (Å²) in [6, 6.07) is 4.03. The van der Waals surface area contributed by atoms with Crippen LogP contribution >= 0.6 is 0 Å². The maximum atomic E-state index is 11.3. The van der Waals surface area contributed by atoms with Gasteiger partial charge in [0.25, 0.3) is 0 Å². The molecule has 0 radical (unpaired) electrons. The molecule has 2 aromatic rings. The molecular formula is C18H23N3O5. The lowest BCUT2D eigenvalue weighted by Crippen LogP contribution is -2.43. The van der Waals surface area contributed by atoms with Crippen molar-refractivity contribution in [3.05, 3.63) is 23.3 Å². The Bertz CT molecular complexity index is 832. The Morgan fingerprint density at radius 2 is 1.92 bits per heavy atom. The predicted molar refractivity (Wildman–Crippen MR) is 92.3 cm³/mol. The zero-order valence-electron chi connectivity index (χ0n) is 15.4. The van der Waals surface area contributed by atoms with Gasteiger partial charge in [-0.15, -0.1) is 5.10 Å². The van der Waals surface area contributed by atoms with E-state index in [0.717, 1.165) is 22.2 Å². The highest BCUT2D eigenvalue weighted by Crippen LogP contribution is 2.31. The first-order chi connectivity index (χ1) is 12.3. The number of hydrogen-bond acceptors (Lipinski definition) is 7. The minimum Gasteiger partial charge on any atom is -0.463 e. The van der Waals surface area contributed by atoms with Gasteiger partial charge in [-0.05, 0) is 49.9 Å². The molecule has 8 heteroatoms. The van der Waals surface area contributed by atoms with E-state index in [4.69, 9.17) is 14.2 Å². The van der Waals surface area contributed by atoms with Crippen LogP contribution in [0.1, 0.15) is 44.0 Å². The molecule has 3 atom stereocenters. The molecule has 1 saturated heterocycles. The number of ether oxygens (including phenoxy) is 3. The maximum absolute atomic E-state index is 11.3. The maximum Gasteiger partial charge on any atom is 0.302 e. The van der Waals surface area contributed by atoms with E-state index in [1.807, 2.05) is 26.0 Å². The number of fused-ring (bicyclic) bond motifs is 1. The summed E-state index contributed by atoms with van der Waals surface area (Å²) in [6.45, 7) is 6.77. The van der Waals surface area contributed by atoms with Crippen LogP contribution in [0.3, 0.4) is 0 Å². The fraction of sp³-hybridized carbons (Fsp3) is 0.556. The van der Waals surface area contributed by atoms with E-state index in [2.05, 4.69) is 10.3 Å². The molecule has 0 N–H and O–H groups in total. The highest BCUT2D eigenvalue weighted by atomic mass is 16.6. The SMILES string of the molecule is CC(=O)OC[C@@H]1O[C@H](n2nnc3cc(C)c(C)cc32)CC[C@@H]1OC(C)=O. The second-order valence-electron chi connectivity index (χ2n) is 6.62. The Kier molecular flexibility index (Phi) is 5.22. The molecule has 1 aliphatic heterocycles. The first kappa shape index (κ1) is 18.3. The molecule has 1 aromatic heterocycles. The van der Waals surface area contributed by atoms with Crippen LogP contribution in [0.15, 0.2) is 12.1 Å². The second kappa shape index (κ2) is 7.41. The summed E-state index contributed by atoms with van der Waals surface area (Å²) in [5.74, 6) is -0.795. The number of esters is 2. The molecule has 140 valence electrons. The van der Waals surface area contributed by atoms with Crippen LogP contribution in [0.4, 0.5) is 0 Å². The van der Waals surface area contributed by atoms with Gasteiger partial charge < -0.3 is 14.2 Å². The smallest absolute Gasteiger partial charge is 0.302 e. The van der Waals surface area contributed by atoms with Crippen LogP contribution in [0.2, 0.25) is 0 Å². The van der Waals surface area contributed by atoms with Crippen molar-refractivity contribution in [3.63, 3.8) is 0 Å². The van der Waals surface area contributed by atoms with Crippen LogP contribution in [0, 0.1) is 13.8 Å². The Labute approximate surface area is 151 Å². The molecule has 1 aliphatic rings. The van der Waals surface area contributed by atoms with Crippen molar-refractivity contribution in [1.82, 2.24) is 15.0 Å². The van der Waals surface area contributed by atoms with Gasteiger partial charge in [0.05, 0.1) is 5.52 Å². The largest absolute Gasteiger partial charge is 0.463 e. The number of carbonyl (C=O) groups excluding carboxylic acids is 2. The average Bonchev–Trinajstić information content (AvgIpc) is 2.96. The Morgan fingerprint density at radius 1 is 1.19 bits per heavy atom. The van der Waals surface area contributed by atoms with Crippen molar-refractivity contribution in [2.75, 3.05) is 6.61 Å². The van der Waals surface area contributed by atoms with E-state index in [1.54, 1.807) is 4.68 Å². The quantitative estimate of drug-likeness (QED) is 0.771. The van der Waals surface area contributed by atoms with E-state index in [0.29, 0.717) is 12.8 Å².